The molecule has 2 heteroatoms. The predicted octanol–water partition coefficient (Wildman–Crippen LogP) is 4.32. The monoisotopic (exact) mass is 263 g/mol. The molecule has 0 bridgehead atoms. The molecule has 19 heavy (non-hydrogen) atoms. The molecule has 106 valence electrons. The van der Waals surface area contributed by atoms with Gasteiger partial charge in [0, 0.05) is 12.1 Å². The van der Waals surface area contributed by atoms with Crippen LogP contribution in [0.5, 0.6) is 0 Å². The lowest BCUT2D eigenvalue weighted by atomic mass is 9.84. The normalized spacial score (nSPS) is 20.2. The van der Waals surface area contributed by atoms with Crippen LogP contribution >= 0.6 is 0 Å². The zero-order chi connectivity index (χ0) is 13.7. The Balaban J connectivity index is 1.81. The van der Waals surface area contributed by atoms with E-state index in [1.807, 2.05) is 6.07 Å². The SMILES string of the molecule is CC(Cc1cccc(F)c1)N[C@@H](C)C1CCCCC1. The topological polar surface area (TPSA) is 12.0 Å². The molecule has 0 radical (unpaired) electrons. The van der Waals surface area contributed by atoms with Gasteiger partial charge in [0.25, 0.3) is 0 Å². The molecule has 1 aromatic rings. The Bertz CT molecular complexity index is 385. The van der Waals surface area contributed by atoms with Crippen LogP contribution in [0.25, 0.3) is 0 Å². The van der Waals surface area contributed by atoms with Gasteiger partial charge in [-0.05, 0) is 56.7 Å². The number of rotatable bonds is 5. The Labute approximate surface area is 116 Å². The minimum absolute atomic E-state index is 0.134. The Kier molecular flexibility index (Phi) is 5.38. The standard InChI is InChI=1S/C17H26FN/c1-13(11-15-7-6-10-17(18)12-15)19-14(2)16-8-4-3-5-9-16/h6-7,10,12-14,16,19H,3-5,8-9,11H2,1-2H3/t13?,14-/m0/s1. The zero-order valence-corrected chi connectivity index (χ0v) is 12.2. The molecular weight excluding hydrogens is 237 g/mol. The average Bonchev–Trinajstić information content (AvgIpc) is 2.39. The van der Waals surface area contributed by atoms with Crippen molar-refractivity contribution in [3.63, 3.8) is 0 Å². The number of benzene rings is 1. The first-order valence-corrected chi connectivity index (χ1v) is 7.65. The van der Waals surface area contributed by atoms with Crippen LogP contribution in [0.2, 0.25) is 0 Å². The average molecular weight is 263 g/mol. The summed E-state index contributed by atoms with van der Waals surface area (Å²) in [6.07, 6.45) is 7.79. The maximum absolute atomic E-state index is 13.2. The van der Waals surface area contributed by atoms with Crippen molar-refractivity contribution in [1.82, 2.24) is 5.32 Å². The third-order valence-electron chi connectivity index (χ3n) is 4.34. The molecule has 1 unspecified atom stereocenters. The van der Waals surface area contributed by atoms with Gasteiger partial charge >= 0.3 is 0 Å². The molecule has 1 aromatic carbocycles. The fraction of sp³-hybridized carbons (Fsp3) is 0.647. The van der Waals surface area contributed by atoms with Crippen LogP contribution in [-0.2, 0) is 6.42 Å². The van der Waals surface area contributed by atoms with Crippen LogP contribution in [0.3, 0.4) is 0 Å². The van der Waals surface area contributed by atoms with Gasteiger partial charge in [-0.2, -0.15) is 0 Å². The summed E-state index contributed by atoms with van der Waals surface area (Å²) in [6.45, 7) is 4.50. The molecule has 1 N–H and O–H groups in total. The highest BCUT2D eigenvalue weighted by Gasteiger charge is 2.21. The van der Waals surface area contributed by atoms with Gasteiger partial charge in [-0.15, -0.1) is 0 Å². The molecule has 0 saturated heterocycles. The molecule has 1 aliphatic rings. The summed E-state index contributed by atoms with van der Waals surface area (Å²) in [7, 11) is 0. The van der Waals surface area contributed by atoms with E-state index in [4.69, 9.17) is 0 Å². The molecule has 1 fully saturated rings. The molecule has 2 atom stereocenters. The van der Waals surface area contributed by atoms with E-state index in [0.29, 0.717) is 12.1 Å². The number of hydrogen-bond acceptors (Lipinski definition) is 1. The molecular formula is C17H26FN. The molecule has 0 aliphatic heterocycles. The second-order valence-electron chi connectivity index (χ2n) is 6.09. The maximum Gasteiger partial charge on any atom is 0.123 e. The van der Waals surface area contributed by atoms with E-state index >= 15 is 0 Å². The van der Waals surface area contributed by atoms with Crippen molar-refractivity contribution in [3.8, 4) is 0 Å². The second-order valence-corrected chi connectivity index (χ2v) is 6.09. The summed E-state index contributed by atoms with van der Waals surface area (Å²) in [5, 5.41) is 3.70. The van der Waals surface area contributed by atoms with E-state index in [1.165, 1.54) is 38.2 Å². The van der Waals surface area contributed by atoms with Crippen LogP contribution in [0, 0.1) is 11.7 Å². The number of nitrogens with one attached hydrogen (secondary N) is 1. The Hall–Kier alpha value is -0.890. The van der Waals surface area contributed by atoms with Crippen molar-refractivity contribution in [2.75, 3.05) is 0 Å². The fourth-order valence-corrected chi connectivity index (χ4v) is 3.30. The van der Waals surface area contributed by atoms with Crippen LogP contribution in [0.15, 0.2) is 24.3 Å². The fourth-order valence-electron chi connectivity index (χ4n) is 3.30. The van der Waals surface area contributed by atoms with E-state index in [2.05, 4.69) is 19.2 Å². The van der Waals surface area contributed by atoms with Crippen molar-refractivity contribution in [2.45, 2.75) is 64.5 Å². The summed E-state index contributed by atoms with van der Waals surface area (Å²) in [4.78, 5) is 0. The van der Waals surface area contributed by atoms with E-state index in [0.717, 1.165) is 17.9 Å². The predicted molar refractivity (Wildman–Crippen MR) is 78.7 cm³/mol. The van der Waals surface area contributed by atoms with Gasteiger partial charge in [0.05, 0.1) is 0 Å². The minimum Gasteiger partial charge on any atom is -0.311 e. The first-order chi connectivity index (χ1) is 9.15. The van der Waals surface area contributed by atoms with Crippen molar-refractivity contribution in [2.24, 2.45) is 5.92 Å². The highest BCUT2D eigenvalue weighted by Crippen LogP contribution is 2.26. The lowest BCUT2D eigenvalue weighted by molar-refractivity contribution is 0.267. The highest BCUT2D eigenvalue weighted by atomic mass is 19.1. The van der Waals surface area contributed by atoms with Gasteiger partial charge in [-0.1, -0.05) is 31.4 Å². The Morgan fingerprint density at radius 3 is 2.63 bits per heavy atom. The first-order valence-electron chi connectivity index (χ1n) is 7.65. The molecule has 2 rings (SSSR count). The molecule has 1 saturated carbocycles. The van der Waals surface area contributed by atoms with Gasteiger partial charge in [0.2, 0.25) is 0 Å². The number of halogens is 1. The Morgan fingerprint density at radius 2 is 1.95 bits per heavy atom. The van der Waals surface area contributed by atoms with Gasteiger partial charge in [-0.3, -0.25) is 0 Å². The largest absolute Gasteiger partial charge is 0.311 e. The van der Waals surface area contributed by atoms with E-state index in [-0.39, 0.29) is 5.82 Å². The molecule has 1 aliphatic carbocycles. The van der Waals surface area contributed by atoms with Gasteiger partial charge in [-0.25, -0.2) is 4.39 Å². The smallest absolute Gasteiger partial charge is 0.123 e. The van der Waals surface area contributed by atoms with Gasteiger partial charge in [0.1, 0.15) is 5.82 Å². The minimum atomic E-state index is -0.134. The number of hydrogen-bond donors (Lipinski definition) is 1. The summed E-state index contributed by atoms with van der Waals surface area (Å²) >= 11 is 0. The lowest BCUT2D eigenvalue weighted by Crippen LogP contribution is -2.41. The van der Waals surface area contributed by atoms with Gasteiger partial charge in [0.15, 0.2) is 0 Å². The highest BCUT2D eigenvalue weighted by molar-refractivity contribution is 5.17. The quantitative estimate of drug-likeness (QED) is 0.834. The molecule has 0 heterocycles. The maximum atomic E-state index is 13.2. The van der Waals surface area contributed by atoms with Crippen LogP contribution in [-0.4, -0.2) is 12.1 Å². The summed E-state index contributed by atoms with van der Waals surface area (Å²) in [5.41, 5.74) is 1.08. The van der Waals surface area contributed by atoms with Crippen molar-refractivity contribution in [1.29, 1.82) is 0 Å². The first kappa shape index (κ1) is 14.5. The molecule has 0 aromatic heterocycles. The van der Waals surface area contributed by atoms with E-state index in [9.17, 15) is 4.39 Å². The van der Waals surface area contributed by atoms with Crippen LogP contribution in [0.4, 0.5) is 4.39 Å². The Morgan fingerprint density at radius 1 is 1.21 bits per heavy atom. The third kappa shape index (κ3) is 4.61. The summed E-state index contributed by atoms with van der Waals surface area (Å²) < 4.78 is 13.2. The second kappa shape index (κ2) is 7.04. The third-order valence-corrected chi connectivity index (χ3v) is 4.34. The zero-order valence-electron chi connectivity index (χ0n) is 12.2. The molecule has 0 spiro atoms. The lowest BCUT2D eigenvalue weighted by Gasteiger charge is -2.30. The summed E-state index contributed by atoms with van der Waals surface area (Å²) in [6, 6.07) is 7.92. The van der Waals surface area contributed by atoms with Crippen molar-refractivity contribution >= 4 is 0 Å². The summed E-state index contributed by atoms with van der Waals surface area (Å²) in [5.74, 6) is 0.689. The van der Waals surface area contributed by atoms with E-state index in [1.54, 1.807) is 12.1 Å². The molecule has 1 nitrogen and oxygen atoms in total. The van der Waals surface area contributed by atoms with Crippen LogP contribution in [0.1, 0.15) is 51.5 Å². The van der Waals surface area contributed by atoms with Gasteiger partial charge < -0.3 is 5.32 Å². The molecule has 0 amide bonds. The van der Waals surface area contributed by atoms with E-state index < -0.39 is 0 Å². The van der Waals surface area contributed by atoms with Crippen LogP contribution < -0.4 is 5.32 Å². The van der Waals surface area contributed by atoms with Crippen molar-refractivity contribution < 1.29 is 4.39 Å². The van der Waals surface area contributed by atoms with Crippen molar-refractivity contribution in [3.05, 3.63) is 35.6 Å².